The van der Waals surface area contributed by atoms with Crippen LogP contribution in [0.1, 0.15) is 38.1 Å². The lowest BCUT2D eigenvalue weighted by Gasteiger charge is -2.27. The van der Waals surface area contributed by atoms with Gasteiger partial charge in [0.05, 0.1) is 34.5 Å². The summed E-state index contributed by atoms with van der Waals surface area (Å²) in [6.07, 6.45) is 0. The van der Waals surface area contributed by atoms with Crippen LogP contribution in [0.5, 0.6) is 0 Å². The summed E-state index contributed by atoms with van der Waals surface area (Å²) in [6.45, 7) is 6.56. The van der Waals surface area contributed by atoms with Crippen LogP contribution >= 0.6 is 11.6 Å². The number of carbonyl (C=O) groups excluding carboxylic acids is 4. The fourth-order valence-corrected chi connectivity index (χ4v) is 3.21. The molecule has 1 aromatic rings. The lowest BCUT2D eigenvalue weighted by Crippen LogP contribution is -2.50. The maximum absolute atomic E-state index is 12.7. The number of amides is 3. The highest BCUT2D eigenvalue weighted by atomic mass is 35.5. The molecule has 0 saturated carbocycles. The summed E-state index contributed by atoms with van der Waals surface area (Å²) in [4.78, 5) is 49.3. The minimum atomic E-state index is -0.967. The van der Waals surface area contributed by atoms with Gasteiger partial charge in [0, 0.05) is 0 Å². The topological polar surface area (TPSA) is 123 Å². The van der Waals surface area contributed by atoms with Crippen LogP contribution < -0.4 is 16.0 Å². The lowest BCUT2D eigenvalue weighted by molar-refractivity contribution is -0.146. The zero-order valence-corrected chi connectivity index (χ0v) is 18.5. The normalized spacial score (nSPS) is 16.8. The highest BCUT2D eigenvalue weighted by Crippen LogP contribution is 2.17. The molecule has 0 aliphatic carbocycles. The summed E-state index contributed by atoms with van der Waals surface area (Å²) in [6, 6.07) is 4.35. The molecule has 2 unspecified atom stereocenters. The molecule has 3 N–H and O–H groups in total. The Morgan fingerprint density at radius 2 is 1.87 bits per heavy atom. The predicted molar refractivity (Wildman–Crippen MR) is 113 cm³/mol. The summed E-state index contributed by atoms with van der Waals surface area (Å²) in [5.41, 5.74) is 0.521. The third-order valence-electron chi connectivity index (χ3n) is 4.55. The largest absolute Gasteiger partial charge is 0.463 e. The van der Waals surface area contributed by atoms with Crippen molar-refractivity contribution in [1.29, 1.82) is 0 Å². The van der Waals surface area contributed by atoms with E-state index in [2.05, 4.69) is 16.0 Å². The van der Waals surface area contributed by atoms with Crippen molar-refractivity contribution in [2.45, 2.75) is 39.8 Å². The average Bonchev–Trinajstić information content (AvgIpc) is 2.69. The molecule has 31 heavy (non-hydrogen) atoms. The van der Waals surface area contributed by atoms with Crippen LogP contribution in [-0.4, -0.2) is 49.2 Å². The number of hydrogen-bond acceptors (Lipinski definition) is 6. The molecule has 0 bridgehead atoms. The molecule has 1 heterocycles. The molecule has 10 heteroatoms. The summed E-state index contributed by atoms with van der Waals surface area (Å²) < 4.78 is 10.4. The van der Waals surface area contributed by atoms with Crippen molar-refractivity contribution in [2.75, 3.05) is 13.2 Å². The highest BCUT2D eigenvalue weighted by molar-refractivity contribution is 6.33. The van der Waals surface area contributed by atoms with E-state index in [0.717, 1.165) is 0 Å². The van der Waals surface area contributed by atoms with Gasteiger partial charge in [0.25, 0.3) is 5.91 Å². The van der Waals surface area contributed by atoms with Crippen LogP contribution in [0.25, 0.3) is 0 Å². The van der Waals surface area contributed by atoms with E-state index in [1.54, 1.807) is 52.0 Å². The van der Waals surface area contributed by atoms with Crippen molar-refractivity contribution in [1.82, 2.24) is 16.0 Å². The molecule has 0 saturated heterocycles. The fraction of sp³-hybridized carbons (Fsp3) is 0.429. The fourth-order valence-electron chi connectivity index (χ4n) is 2.99. The van der Waals surface area contributed by atoms with Gasteiger partial charge < -0.3 is 25.4 Å². The molecule has 168 valence electrons. The average molecular weight is 452 g/mol. The minimum absolute atomic E-state index is 0.128. The maximum Gasteiger partial charge on any atom is 0.338 e. The number of hydrogen-bond donors (Lipinski definition) is 3. The van der Waals surface area contributed by atoms with Crippen LogP contribution in [-0.2, 0) is 19.1 Å². The molecule has 1 aliphatic heterocycles. The Kier molecular flexibility index (Phi) is 8.44. The third-order valence-corrected chi connectivity index (χ3v) is 4.88. The Morgan fingerprint density at radius 3 is 2.48 bits per heavy atom. The van der Waals surface area contributed by atoms with Gasteiger partial charge in [-0.25, -0.2) is 14.4 Å². The zero-order valence-electron chi connectivity index (χ0n) is 17.8. The number of carbonyl (C=O) groups is 4. The second-order valence-corrected chi connectivity index (χ2v) is 7.62. The Hall–Kier alpha value is -3.07. The maximum atomic E-state index is 12.7. The van der Waals surface area contributed by atoms with E-state index in [9.17, 15) is 19.2 Å². The smallest absolute Gasteiger partial charge is 0.338 e. The molecule has 1 aliphatic rings. The van der Waals surface area contributed by atoms with Crippen molar-refractivity contribution in [3.8, 4) is 0 Å². The zero-order chi connectivity index (χ0) is 23.1. The summed E-state index contributed by atoms with van der Waals surface area (Å²) in [5.74, 6) is -2.15. The Morgan fingerprint density at radius 1 is 1.19 bits per heavy atom. The van der Waals surface area contributed by atoms with Gasteiger partial charge in [-0.3, -0.25) is 4.79 Å². The number of urea groups is 1. The van der Waals surface area contributed by atoms with Gasteiger partial charge in [-0.15, -0.1) is 0 Å². The van der Waals surface area contributed by atoms with Crippen molar-refractivity contribution in [3.63, 3.8) is 0 Å². The SMILES string of the molecule is CCOC(=O)C1=C(COC(=O)C(NC(=O)c2ccccc2Cl)C(C)C)NC(=O)NC1C. The molecule has 1 aromatic carbocycles. The molecule has 3 amide bonds. The van der Waals surface area contributed by atoms with Crippen LogP contribution in [0.4, 0.5) is 4.79 Å². The van der Waals surface area contributed by atoms with E-state index < -0.39 is 36.0 Å². The summed E-state index contributed by atoms with van der Waals surface area (Å²) in [7, 11) is 0. The predicted octanol–water partition coefficient (Wildman–Crippen LogP) is 2.16. The van der Waals surface area contributed by atoms with E-state index >= 15 is 0 Å². The van der Waals surface area contributed by atoms with Gasteiger partial charge in [-0.05, 0) is 31.9 Å². The van der Waals surface area contributed by atoms with E-state index in [-0.39, 0.29) is 41.0 Å². The summed E-state index contributed by atoms with van der Waals surface area (Å²) >= 11 is 6.05. The number of benzene rings is 1. The molecule has 0 aromatic heterocycles. The van der Waals surface area contributed by atoms with Crippen molar-refractivity contribution in [3.05, 3.63) is 46.1 Å². The number of ether oxygens (including phenoxy) is 2. The van der Waals surface area contributed by atoms with E-state index in [4.69, 9.17) is 21.1 Å². The second kappa shape index (κ2) is 10.8. The first-order valence-electron chi connectivity index (χ1n) is 9.85. The molecular weight excluding hydrogens is 426 g/mol. The standard InChI is InChI=1S/C21H26ClN3O6/c1-5-30-19(27)16-12(4)23-21(29)24-15(16)10-31-20(28)17(11(2)3)25-18(26)13-8-6-7-9-14(13)22/h6-9,11-12,17H,5,10H2,1-4H3,(H,25,26)(H2,23,24,29). The minimum Gasteiger partial charge on any atom is -0.463 e. The molecule has 0 radical (unpaired) electrons. The van der Waals surface area contributed by atoms with Crippen molar-refractivity contribution >= 4 is 35.5 Å². The van der Waals surface area contributed by atoms with Crippen LogP contribution in [0.3, 0.4) is 0 Å². The van der Waals surface area contributed by atoms with Crippen molar-refractivity contribution in [2.24, 2.45) is 5.92 Å². The van der Waals surface area contributed by atoms with Gasteiger partial charge >= 0.3 is 18.0 Å². The Labute approximate surface area is 185 Å². The first-order chi connectivity index (χ1) is 14.6. The third kappa shape index (κ3) is 6.21. The van der Waals surface area contributed by atoms with E-state index in [1.165, 1.54) is 0 Å². The molecule has 2 atom stereocenters. The van der Waals surface area contributed by atoms with Gasteiger partial charge in [-0.2, -0.15) is 0 Å². The van der Waals surface area contributed by atoms with Crippen LogP contribution in [0.15, 0.2) is 35.5 Å². The number of rotatable bonds is 8. The van der Waals surface area contributed by atoms with Gasteiger partial charge in [0.1, 0.15) is 12.6 Å². The van der Waals surface area contributed by atoms with Gasteiger partial charge in [0.2, 0.25) is 0 Å². The second-order valence-electron chi connectivity index (χ2n) is 7.22. The van der Waals surface area contributed by atoms with Gasteiger partial charge in [-0.1, -0.05) is 37.6 Å². The first kappa shape index (κ1) is 24.2. The monoisotopic (exact) mass is 451 g/mol. The quantitative estimate of drug-likeness (QED) is 0.520. The Balaban J connectivity index is 2.15. The van der Waals surface area contributed by atoms with E-state index in [1.807, 2.05) is 0 Å². The Bertz CT molecular complexity index is 899. The number of esters is 2. The highest BCUT2D eigenvalue weighted by Gasteiger charge is 2.32. The lowest BCUT2D eigenvalue weighted by atomic mass is 10.0. The molecular formula is C21H26ClN3O6. The van der Waals surface area contributed by atoms with Crippen LogP contribution in [0, 0.1) is 5.92 Å². The molecule has 0 fully saturated rings. The van der Waals surface area contributed by atoms with Crippen LogP contribution in [0.2, 0.25) is 5.02 Å². The molecule has 0 spiro atoms. The summed E-state index contributed by atoms with van der Waals surface area (Å²) in [5, 5.41) is 7.92. The molecule has 9 nitrogen and oxygen atoms in total. The number of halogens is 1. The first-order valence-corrected chi connectivity index (χ1v) is 10.2. The molecule has 2 rings (SSSR count). The number of nitrogens with one attached hydrogen (secondary N) is 3. The van der Waals surface area contributed by atoms with Gasteiger partial charge in [0.15, 0.2) is 0 Å². The van der Waals surface area contributed by atoms with Crippen molar-refractivity contribution < 1.29 is 28.7 Å². The van der Waals surface area contributed by atoms with E-state index in [0.29, 0.717) is 0 Å².